The third-order valence-electron chi connectivity index (χ3n) is 6.15. The van der Waals surface area contributed by atoms with E-state index in [9.17, 15) is 18.0 Å². The lowest BCUT2D eigenvalue weighted by Gasteiger charge is -2.39. The number of amides is 1. The summed E-state index contributed by atoms with van der Waals surface area (Å²) < 4.78 is 69.2. The van der Waals surface area contributed by atoms with Crippen molar-refractivity contribution < 1.29 is 26.7 Å². The van der Waals surface area contributed by atoms with E-state index < -0.39 is 35.3 Å². The van der Waals surface area contributed by atoms with E-state index in [-0.39, 0.29) is 17.2 Å². The summed E-state index contributed by atoms with van der Waals surface area (Å²) in [5, 5.41) is 2.46. The molecule has 0 aromatic heterocycles. The van der Waals surface area contributed by atoms with Crippen LogP contribution in [-0.2, 0) is 12.2 Å². The minimum atomic E-state index is -4.77. The second-order valence-corrected chi connectivity index (χ2v) is 8.45. The summed E-state index contributed by atoms with van der Waals surface area (Å²) in [7, 11) is 1.31. The molecule has 2 aliphatic rings. The first-order valence-electron chi connectivity index (χ1n) is 11.2. The highest BCUT2D eigenvalue weighted by Gasteiger charge is 2.56. The van der Waals surface area contributed by atoms with E-state index in [0.29, 0.717) is 29.9 Å². The molecule has 3 nitrogen and oxygen atoms in total. The van der Waals surface area contributed by atoms with Crippen molar-refractivity contribution in [3.05, 3.63) is 28.8 Å². The standard InChI is InChI=1S/C17H19F5N2O.C6H14/c1-9-5-3-4-6-13(9)24-15(25)14-11(17(24,21)22)7-10(16(18,19)20)8-12(14)23-2;1-3-5-6-4-2/h7-9,13,23H,3-6H2,1-2H3;3-6H2,1-2H3/t9-,13+;/m1./s1. The van der Waals surface area contributed by atoms with Crippen LogP contribution in [0.5, 0.6) is 0 Å². The summed E-state index contributed by atoms with van der Waals surface area (Å²) in [5.41, 5.74) is -2.64. The number of rotatable bonds is 5. The van der Waals surface area contributed by atoms with Gasteiger partial charge in [-0.15, -0.1) is 0 Å². The van der Waals surface area contributed by atoms with E-state index in [1.807, 2.05) is 0 Å². The molecule has 31 heavy (non-hydrogen) atoms. The van der Waals surface area contributed by atoms with Gasteiger partial charge in [-0.05, 0) is 30.9 Å². The molecule has 3 rings (SSSR count). The Kier molecular flexibility index (Phi) is 8.34. The lowest BCUT2D eigenvalue weighted by molar-refractivity contribution is -0.151. The van der Waals surface area contributed by atoms with Crippen molar-refractivity contribution in [3.8, 4) is 0 Å². The minimum Gasteiger partial charge on any atom is -0.387 e. The van der Waals surface area contributed by atoms with Crippen LogP contribution < -0.4 is 5.32 Å². The number of halogens is 5. The first kappa shape index (κ1) is 25.4. The Balaban J connectivity index is 0.000000501. The molecule has 1 fully saturated rings. The fourth-order valence-electron chi connectivity index (χ4n) is 4.39. The highest BCUT2D eigenvalue weighted by atomic mass is 19.4. The van der Waals surface area contributed by atoms with Gasteiger partial charge in [0.05, 0.1) is 16.7 Å². The SMILES string of the molecule is CCCCCC.CNc1cc(C(F)(F)F)cc2c1C(=O)N([C@H]1CCCC[C@H]1C)C2(F)F. The molecule has 1 N–H and O–H groups in total. The number of fused-ring (bicyclic) bond motifs is 1. The molecule has 1 heterocycles. The third-order valence-corrected chi connectivity index (χ3v) is 6.15. The summed E-state index contributed by atoms with van der Waals surface area (Å²) in [4.78, 5) is 13.2. The second-order valence-electron chi connectivity index (χ2n) is 8.45. The molecule has 1 aromatic carbocycles. The Morgan fingerprint density at radius 3 is 2.16 bits per heavy atom. The fraction of sp³-hybridized carbons (Fsp3) is 0.696. The maximum atomic E-state index is 15.0. The molecular weight excluding hydrogens is 415 g/mol. The smallest absolute Gasteiger partial charge is 0.387 e. The molecule has 0 radical (unpaired) electrons. The monoisotopic (exact) mass is 448 g/mol. The number of nitrogens with one attached hydrogen (secondary N) is 1. The first-order chi connectivity index (χ1) is 14.5. The van der Waals surface area contributed by atoms with Gasteiger partial charge in [0.25, 0.3) is 5.91 Å². The largest absolute Gasteiger partial charge is 0.416 e. The van der Waals surface area contributed by atoms with Gasteiger partial charge in [0, 0.05) is 18.8 Å². The van der Waals surface area contributed by atoms with Gasteiger partial charge >= 0.3 is 12.2 Å². The van der Waals surface area contributed by atoms with Gasteiger partial charge in [-0.1, -0.05) is 59.3 Å². The molecule has 0 unspecified atom stereocenters. The predicted molar refractivity (Wildman–Crippen MR) is 112 cm³/mol. The summed E-state index contributed by atoms with van der Waals surface area (Å²) in [6.45, 7) is 6.27. The highest BCUT2D eigenvalue weighted by Crippen LogP contribution is 2.50. The van der Waals surface area contributed by atoms with Crippen LogP contribution in [0.2, 0.25) is 0 Å². The van der Waals surface area contributed by atoms with Crippen LogP contribution in [0.3, 0.4) is 0 Å². The molecule has 0 spiro atoms. The van der Waals surface area contributed by atoms with Gasteiger partial charge in [-0.25, -0.2) is 0 Å². The van der Waals surface area contributed by atoms with E-state index in [1.165, 1.54) is 32.7 Å². The van der Waals surface area contributed by atoms with E-state index in [4.69, 9.17) is 0 Å². The topological polar surface area (TPSA) is 32.3 Å². The van der Waals surface area contributed by atoms with E-state index in [1.54, 1.807) is 6.92 Å². The molecule has 1 aromatic rings. The lowest BCUT2D eigenvalue weighted by atomic mass is 9.85. The Morgan fingerprint density at radius 2 is 1.68 bits per heavy atom. The van der Waals surface area contributed by atoms with E-state index in [2.05, 4.69) is 19.2 Å². The Bertz CT molecular complexity index is 759. The molecule has 0 bridgehead atoms. The molecule has 2 atom stereocenters. The zero-order valence-corrected chi connectivity index (χ0v) is 18.7. The molecular formula is C23H33F5N2O. The average Bonchev–Trinajstić information content (AvgIpc) is 2.92. The van der Waals surface area contributed by atoms with Crippen LogP contribution in [0.25, 0.3) is 0 Å². The quantitative estimate of drug-likeness (QED) is 0.289. The van der Waals surface area contributed by atoms with Crippen molar-refractivity contribution in [2.75, 3.05) is 12.4 Å². The molecule has 8 heteroatoms. The Labute approximate surface area is 181 Å². The predicted octanol–water partition coefficient (Wildman–Crippen LogP) is 7.42. The number of carbonyl (C=O) groups excluding carboxylic acids is 1. The lowest BCUT2D eigenvalue weighted by Crippen LogP contribution is -2.49. The Hall–Kier alpha value is -1.86. The van der Waals surface area contributed by atoms with Gasteiger partial charge in [-0.2, -0.15) is 22.0 Å². The number of hydrogen-bond donors (Lipinski definition) is 1. The summed E-state index contributed by atoms with van der Waals surface area (Å²) in [6.07, 6.45) is 3.53. The molecule has 1 saturated carbocycles. The van der Waals surface area contributed by atoms with Crippen molar-refractivity contribution in [2.24, 2.45) is 5.92 Å². The van der Waals surface area contributed by atoms with Gasteiger partial charge in [0.2, 0.25) is 0 Å². The number of alkyl halides is 5. The van der Waals surface area contributed by atoms with Crippen molar-refractivity contribution in [1.29, 1.82) is 0 Å². The molecule has 176 valence electrons. The summed E-state index contributed by atoms with van der Waals surface area (Å²) >= 11 is 0. The molecule has 1 aliphatic carbocycles. The number of anilines is 1. The summed E-state index contributed by atoms with van der Waals surface area (Å²) in [5.74, 6) is -1.03. The van der Waals surface area contributed by atoms with Crippen molar-refractivity contribution in [3.63, 3.8) is 0 Å². The zero-order valence-electron chi connectivity index (χ0n) is 18.7. The third kappa shape index (κ3) is 5.32. The molecule has 0 saturated heterocycles. The van der Waals surface area contributed by atoms with Crippen molar-refractivity contribution >= 4 is 11.6 Å². The normalized spacial score (nSPS) is 22.6. The Morgan fingerprint density at radius 1 is 1.10 bits per heavy atom. The van der Waals surface area contributed by atoms with Crippen LogP contribution >= 0.6 is 0 Å². The number of unbranched alkanes of at least 4 members (excludes halogenated alkanes) is 3. The van der Waals surface area contributed by atoms with E-state index in [0.717, 1.165) is 12.8 Å². The fourth-order valence-corrected chi connectivity index (χ4v) is 4.39. The summed E-state index contributed by atoms with van der Waals surface area (Å²) in [6, 6.07) is -3.32. The van der Waals surface area contributed by atoms with Crippen molar-refractivity contribution in [2.45, 2.75) is 90.4 Å². The maximum absolute atomic E-state index is 15.0. The van der Waals surface area contributed by atoms with Crippen LogP contribution in [0.4, 0.5) is 27.6 Å². The van der Waals surface area contributed by atoms with Crippen LogP contribution in [0, 0.1) is 5.92 Å². The highest BCUT2D eigenvalue weighted by molar-refractivity contribution is 6.04. The van der Waals surface area contributed by atoms with Crippen molar-refractivity contribution in [1.82, 2.24) is 4.90 Å². The number of carbonyl (C=O) groups is 1. The maximum Gasteiger partial charge on any atom is 0.416 e. The number of benzene rings is 1. The van der Waals surface area contributed by atoms with Gasteiger partial charge < -0.3 is 5.32 Å². The van der Waals surface area contributed by atoms with Crippen LogP contribution in [-0.4, -0.2) is 23.9 Å². The van der Waals surface area contributed by atoms with Crippen LogP contribution in [0.15, 0.2) is 12.1 Å². The number of nitrogens with zero attached hydrogens (tertiary/aromatic N) is 1. The van der Waals surface area contributed by atoms with Crippen LogP contribution in [0.1, 0.15) is 93.6 Å². The minimum absolute atomic E-state index is 0.127. The zero-order chi connectivity index (χ0) is 23.4. The first-order valence-corrected chi connectivity index (χ1v) is 11.2. The number of hydrogen-bond acceptors (Lipinski definition) is 2. The molecule has 1 aliphatic heterocycles. The van der Waals surface area contributed by atoms with Gasteiger partial charge in [0.1, 0.15) is 0 Å². The van der Waals surface area contributed by atoms with Gasteiger partial charge in [-0.3, -0.25) is 9.69 Å². The van der Waals surface area contributed by atoms with Gasteiger partial charge in [0.15, 0.2) is 0 Å². The second kappa shape index (κ2) is 10.2. The molecule has 1 amide bonds. The average molecular weight is 449 g/mol. The van der Waals surface area contributed by atoms with E-state index >= 15 is 8.78 Å².